The van der Waals surface area contributed by atoms with Gasteiger partial charge in [0, 0.05) is 36.5 Å². The lowest BCUT2D eigenvalue weighted by Gasteiger charge is -2.28. The fourth-order valence-electron chi connectivity index (χ4n) is 2.88. The number of rotatable bonds is 6. The maximum atomic E-state index is 14.3. The SMILES string of the molecule is C[N+]1(S(=O)(=O)c2cccnc2)C=C(CN)C=C1c1ccccc1F.O=C(O)/C=C/C(=O)O. The number of pyridine rings is 1. The molecule has 1 aliphatic heterocycles. The number of nitrogens with zero attached hydrogens (tertiary/aromatic N) is 2. The summed E-state index contributed by atoms with van der Waals surface area (Å²) in [5.41, 5.74) is 6.87. The summed E-state index contributed by atoms with van der Waals surface area (Å²) in [6.07, 6.45) is 7.06. The highest BCUT2D eigenvalue weighted by Crippen LogP contribution is 2.40. The Hall–Kier alpha value is -3.67. The number of halogens is 1. The predicted octanol–water partition coefficient (Wildman–Crippen LogP) is 1.97. The lowest BCUT2D eigenvalue weighted by Crippen LogP contribution is -2.41. The van der Waals surface area contributed by atoms with E-state index in [0.29, 0.717) is 23.4 Å². The highest BCUT2D eigenvalue weighted by Gasteiger charge is 2.46. The summed E-state index contributed by atoms with van der Waals surface area (Å²) in [6.45, 7) is 0.161. The summed E-state index contributed by atoms with van der Waals surface area (Å²) in [5.74, 6) is -3.00. The monoisotopic (exact) mass is 462 g/mol. The minimum absolute atomic E-state index is 0.0595. The minimum Gasteiger partial charge on any atom is -0.478 e. The number of aliphatic carboxylic acids is 2. The normalized spacial score (nSPS) is 17.8. The quantitative estimate of drug-likeness (QED) is 0.436. The number of carbonyl (C=O) groups is 2. The number of benzene rings is 1. The third-order valence-electron chi connectivity index (χ3n) is 4.40. The summed E-state index contributed by atoms with van der Waals surface area (Å²) < 4.78 is 40.1. The predicted molar refractivity (Wildman–Crippen MR) is 114 cm³/mol. The molecule has 1 aromatic heterocycles. The second-order valence-corrected chi connectivity index (χ2v) is 8.76. The summed E-state index contributed by atoms with van der Waals surface area (Å²) in [5, 5.41) is 15.6. The van der Waals surface area contributed by atoms with Crippen LogP contribution in [0.1, 0.15) is 5.56 Å². The molecule has 0 saturated carbocycles. The third-order valence-corrected chi connectivity index (χ3v) is 6.54. The smallest absolute Gasteiger partial charge is 0.337 e. The van der Waals surface area contributed by atoms with Gasteiger partial charge in [-0.1, -0.05) is 12.1 Å². The van der Waals surface area contributed by atoms with Crippen LogP contribution in [0.15, 0.2) is 83.7 Å². The molecule has 0 aliphatic carbocycles. The molecule has 0 amide bonds. The first kappa shape index (κ1) is 24.6. The maximum absolute atomic E-state index is 14.3. The Morgan fingerprint density at radius 2 is 1.75 bits per heavy atom. The van der Waals surface area contributed by atoms with Crippen LogP contribution in [0.5, 0.6) is 0 Å². The van der Waals surface area contributed by atoms with Crippen LogP contribution in [0, 0.1) is 5.82 Å². The zero-order valence-corrected chi connectivity index (χ0v) is 17.7. The van der Waals surface area contributed by atoms with Crippen LogP contribution < -0.4 is 5.73 Å². The van der Waals surface area contributed by atoms with Gasteiger partial charge >= 0.3 is 22.0 Å². The van der Waals surface area contributed by atoms with Crippen molar-refractivity contribution in [3.05, 3.63) is 90.2 Å². The highest BCUT2D eigenvalue weighted by molar-refractivity contribution is 7.86. The Balaban J connectivity index is 0.000000390. The average molecular weight is 462 g/mol. The van der Waals surface area contributed by atoms with E-state index in [1.165, 1.54) is 37.8 Å². The molecule has 2 aromatic rings. The molecule has 9 nitrogen and oxygen atoms in total. The molecular formula is C21H21FN3O6S+. The second-order valence-electron chi connectivity index (χ2n) is 6.58. The van der Waals surface area contributed by atoms with Gasteiger partial charge in [0.25, 0.3) is 0 Å². The Morgan fingerprint density at radius 1 is 1.12 bits per heavy atom. The number of hydrogen-bond acceptors (Lipinski definition) is 6. The van der Waals surface area contributed by atoms with Crippen molar-refractivity contribution < 1.29 is 36.5 Å². The van der Waals surface area contributed by atoms with Gasteiger partial charge in [-0.2, -0.15) is 12.3 Å². The standard InChI is InChI=1S/C17H17FN3O2S.C4H4O4/c1-21(24(22,23)14-5-4-8-20-11-14)12-13(10-19)9-17(21)15-6-2-3-7-16(15)18;5-3(6)1-2-4(7)8/h2-9,11-12H,10,19H2,1H3;1-2H,(H,5,6)(H,7,8)/q+1;/b;2-1+. The molecule has 32 heavy (non-hydrogen) atoms. The second kappa shape index (κ2) is 10.1. The van der Waals surface area contributed by atoms with Crippen LogP contribution >= 0.6 is 0 Å². The Morgan fingerprint density at radius 3 is 2.25 bits per heavy atom. The molecule has 0 saturated heterocycles. The van der Waals surface area contributed by atoms with Crippen molar-refractivity contribution in [2.45, 2.75) is 4.90 Å². The highest BCUT2D eigenvalue weighted by atomic mass is 32.2. The fraction of sp³-hybridized carbons (Fsp3) is 0.0952. The fourth-order valence-corrected chi connectivity index (χ4v) is 4.45. The van der Waals surface area contributed by atoms with Crippen LogP contribution in [0.4, 0.5) is 4.39 Å². The van der Waals surface area contributed by atoms with E-state index in [9.17, 15) is 22.4 Å². The van der Waals surface area contributed by atoms with E-state index in [0.717, 1.165) is 0 Å². The van der Waals surface area contributed by atoms with Crippen molar-refractivity contribution in [2.24, 2.45) is 5.73 Å². The van der Waals surface area contributed by atoms with Gasteiger partial charge in [0.15, 0.2) is 5.70 Å². The summed E-state index contributed by atoms with van der Waals surface area (Å²) in [4.78, 5) is 23.0. The van der Waals surface area contributed by atoms with E-state index >= 15 is 0 Å². The van der Waals surface area contributed by atoms with Gasteiger partial charge in [-0.15, -0.1) is 0 Å². The zero-order chi connectivity index (χ0) is 23.9. The molecule has 0 spiro atoms. The van der Waals surface area contributed by atoms with E-state index < -0.39 is 31.7 Å². The lowest BCUT2D eigenvalue weighted by molar-refractivity contribution is -0.642. The molecule has 0 radical (unpaired) electrons. The third kappa shape index (κ3) is 5.32. The molecule has 2 heterocycles. The van der Waals surface area contributed by atoms with Crippen molar-refractivity contribution in [3.8, 4) is 0 Å². The first-order valence-electron chi connectivity index (χ1n) is 9.07. The molecule has 0 fully saturated rings. The van der Waals surface area contributed by atoms with Crippen LogP contribution in [0.3, 0.4) is 0 Å². The molecule has 1 atom stereocenters. The minimum atomic E-state index is -3.89. The number of nitrogens with two attached hydrogens (primary N) is 1. The molecule has 1 unspecified atom stereocenters. The van der Waals surface area contributed by atoms with Gasteiger partial charge in [-0.3, -0.25) is 4.98 Å². The molecule has 3 rings (SSSR count). The van der Waals surface area contributed by atoms with Gasteiger partial charge in [-0.05, 0) is 24.3 Å². The van der Waals surface area contributed by atoms with E-state index in [-0.39, 0.29) is 17.0 Å². The van der Waals surface area contributed by atoms with Gasteiger partial charge in [0.1, 0.15) is 16.9 Å². The van der Waals surface area contributed by atoms with Gasteiger partial charge in [0.05, 0.1) is 18.8 Å². The zero-order valence-electron chi connectivity index (χ0n) is 16.9. The van der Waals surface area contributed by atoms with Crippen molar-refractivity contribution in [1.82, 2.24) is 4.98 Å². The van der Waals surface area contributed by atoms with E-state index in [1.807, 2.05) is 0 Å². The number of aromatic nitrogens is 1. The van der Waals surface area contributed by atoms with E-state index in [1.54, 1.807) is 30.3 Å². The molecular weight excluding hydrogens is 441 g/mol. The van der Waals surface area contributed by atoms with Crippen molar-refractivity contribution >= 4 is 27.7 Å². The number of carboxylic acid groups (broad SMARTS) is 2. The number of quaternary nitrogens is 1. The first-order chi connectivity index (χ1) is 15.0. The molecule has 168 valence electrons. The van der Waals surface area contributed by atoms with Crippen LogP contribution in [-0.2, 0) is 19.6 Å². The van der Waals surface area contributed by atoms with Crippen LogP contribution in [0.2, 0.25) is 0 Å². The summed E-state index contributed by atoms with van der Waals surface area (Å²) in [7, 11) is -2.38. The van der Waals surface area contributed by atoms with Crippen LogP contribution in [0.25, 0.3) is 5.70 Å². The van der Waals surface area contributed by atoms with E-state index in [2.05, 4.69) is 4.98 Å². The van der Waals surface area contributed by atoms with E-state index in [4.69, 9.17) is 15.9 Å². The van der Waals surface area contributed by atoms with Gasteiger partial charge < -0.3 is 15.9 Å². The first-order valence-corrected chi connectivity index (χ1v) is 10.5. The Bertz CT molecular complexity index is 1190. The molecule has 4 N–H and O–H groups in total. The topological polar surface area (TPSA) is 148 Å². The van der Waals surface area contributed by atoms with Crippen molar-refractivity contribution in [2.75, 3.05) is 13.6 Å². The van der Waals surface area contributed by atoms with Crippen LogP contribution in [-0.4, -0.2) is 53.0 Å². The summed E-state index contributed by atoms with van der Waals surface area (Å²) >= 11 is 0. The largest absolute Gasteiger partial charge is 0.478 e. The number of hydrogen-bond donors (Lipinski definition) is 3. The molecule has 1 aliphatic rings. The maximum Gasteiger partial charge on any atom is 0.337 e. The molecule has 11 heteroatoms. The molecule has 0 bridgehead atoms. The lowest BCUT2D eigenvalue weighted by atomic mass is 10.1. The number of sulfonamides is 1. The Kier molecular flexibility index (Phi) is 7.76. The van der Waals surface area contributed by atoms with Gasteiger partial charge in [0.2, 0.25) is 0 Å². The average Bonchev–Trinajstić information content (AvgIpc) is 3.12. The van der Waals surface area contributed by atoms with Gasteiger partial charge in [-0.25, -0.2) is 14.0 Å². The molecule has 1 aromatic carbocycles. The summed E-state index contributed by atoms with van der Waals surface area (Å²) in [6, 6.07) is 9.11. The Labute approximate surface area is 183 Å². The number of carboxylic acids is 2. The van der Waals surface area contributed by atoms with Crippen molar-refractivity contribution in [3.63, 3.8) is 0 Å². The van der Waals surface area contributed by atoms with Crippen molar-refractivity contribution in [1.29, 1.82) is 0 Å².